The van der Waals surface area contributed by atoms with E-state index in [1.807, 2.05) is 13.8 Å². The number of halogens is 2. The van der Waals surface area contributed by atoms with Crippen LogP contribution in [-0.2, 0) is 4.79 Å². The van der Waals surface area contributed by atoms with Gasteiger partial charge >= 0.3 is 23.1 Å². The summed E-state index contributed by atoms with van der Waals surface area (Å²) in [6.45, 7) is 8.84. The second-order valence-electron chi connectivity index (χ2n) is 2.63. The van der Waals surface area contributed by atoms with Crippen LogP contribution in [0.5, 0.6) is 0 Å². The van der Waals surface area contributed by atoms with Crippen molar-refractivity contribution >= 4 is 39.9 Å². The second-order valence-corrected chi connectivity index (χ2v) is 2.97. The minimum atomic E-state index is -0.463. The van der Waals surface area contributed by atoms with Crippen molar-refractivity contribution < 1.29 is 17.2 Å². The molecule has 1 aliphatic rings. The van der Waals surface area contributed by atoms with Gasteiger partial charge in [-0.15, -0.1) is 0 Å². The maximum absolute atomic E-state index is 9.81. The first-order chi connectivity index (χ1) is 6.14. The van der Waals surface area contributed by atoms with E-state index in [4.69, 9.17) is 11.6 Å². The van der Waals surface area contributed by atoms with E-state index in [1.165, 1.54) is 25.7 Å². The summed E-state index contributed by atoms with van der Waals surface area (Å²) in [5.41, 5.74) is 0.386. The van der Waals surface area contributed by atoms with Crippen molar-refractivity contribution in [3.63, 3.8) is 0 Å². The third-order valence-corrected chi connectivity index (χ3v) is 1.72. The van der Waals surface area contributed by atoms with Gasteiger partial charge in [-0.25, -0.2) is 0 Å². The quantitative estimate of drug-likeness (QED) is 0.295. The van der Waals surface area contributed by atoms with Crippen LogP contribution >= 0.6 is 11.6 Å². The number of carbonyl (C=O) groups excluding carboxylic acids is 1. The van der Waals surface area contributed by atoms with E-state index in [2.05, 4.69) is 13.0 Å². The van der Waals surface area contributed by atoms with E-state index in [1.54, 1.807) is 6.92 Å². The summed E-state index contributed by atoms with van der Waals surface area (Å²) < 4.78 is 0. The predicted octanol–water partition coefficient (Wildman–Crippen LogP) is 0.742. The van der Waals surface area contributed by atoms with Gasteiger partial charge in [-0.2, -0.15) is 12.8 Å². The normalized spacial score (nSPS) is 11.5. The Labute approximate surface area is 122 Å². The van der Waals surface area contributed by atoms with Gasteiger partial charge in [0.05, 0.1) is 0 Å². The van der Waals surface area contributed by atoms with Crippen LogP contribution in [0.1, 0.15) is 46.5 Å². The fraction of sp³-hybridized carbons (Fsp3) is 0.636. The van der Waals surface area contributed by atoms with Gasteiger partial charge in [-0.3, -0.25) is 4.79 Å². The van der Waals surface area contributed by atoms with E-state index >= 15 is 0 Å². The second kappa shape index (κ2) is 20.2. The van der Waals surface area contributed by atoms with Crippen LogP contribution in [0.25, 0.3) is 0 Å². The smallest absolute Gasteiger partial charge is 1.00 e. The first-order valence-corrected chi connectivity index (χ1v) is 5.19. The van der Waals surface area contributed by atoms with Crippen LogP contribution in [0.4, 0.5) is 0 Å². The summed E-state index contributed by atoms with van der Waals surface area (Å²) in [5.74, 6) is 0. The van der Waals surface area contributed by atoms with Crippen molar-refractivity contribution in [2.45, 2.75) is 46.5 Å². The summed E-state index contributed by atoms with van der Waals surface area (Å²) >= 11 is 4.87. The molecule has 0 spiro atoms. The summed E-state index contributed by atoms with van der Waals surface area (Å²) in [4.78, 5) is 9.81. The zero-order chi connectivity index (χ0) is 10.7. The van der Waals surface area contributed by atoms with E-state index in [9.17, 15) is 4.79 Å². The Kier molecular flexibility index (Phi) is 33.4. The summed E-state index contributed by atoms with van der Waals surface area (Å²) in [6.07, 6.45) is 8.00. The molecule has 0 aliphatic heterocycles. The first-order valence-electron chi connectivity index (χ1n) is 4.81. The largest absolute Gasteiger partial charge is 2.00 e. The van der Waals surface area contributed by atoms with Crippen LogP contribution in [-0.4, -0.2) is 28.3 Å². The molecule has 0 atom stereocenters. The Morgan fingerprint density at radius 1 is 1.27 bits per heavy atom. The molecule has 0 heterocycles. The number of carbonyl (C=O) groups is 1. The molecule has 0 N–H and O–H groups in total. The van der Waals surface area contributed by atoms with Crippen molar-refractivity contribution in [1.82, 2.24) is 0 Å². The fourth-order valence-corrected chi connectivity index (χ4v) is 0.722. The SMILES string of the molecule is C=C(C)C(=O)Cl.CC.[CH-]1CCCC1.[Cl-].[Mg+2]. The number of rotatable bonds is 1. The standard InChI is InChI=1S/C5H9.C4H5ClO.C2H6.ClH.Mg/c1-2-4-5-3-1;1-3(2)4(5)6;1-2;;/h1H,2-5H2;1H2,2H3;1-2H3;1H;/q-1;;;;+2/p-1. The Bertz CT molecular complexity index is 126. The Hall–Kier alpha value is 0.756. The molecule has 0 bridgehead atoms. The maximum Gasteiger partial charge on any atom is 2.00 e. The molecule has 86 valence electrons. The Morgan fingerprint density at radius 2 is 1.53 bits per heavy atom. The van der Waals surface area contributed by atoms with E-state index in [0.717, 1.165) is 0 Å². The molecular formula is C11H20Cl2MgO. The van der Waals surface area contributed by atoms with Gasteiger partial charge in [0, 0.05) is 5.57 Å². The zero-order valence-corrected chi connectivity index (χ0v) is 12.9. The third-order valence-electron chi connectivity index (χ3n) is 1.40. The van der Waals surface area contributed by atoms with Gasteiger partial charge in [0.1, 0.15) is 0 Å². The fourth-order valence-electron chi connectivity index (χ4n) is 0.722. The zero-order valence-electron chi connectivity index (χ0n) is 9.98. The van der Waals surface area contributed by atoms with Crippen molar-refractivity contribution in [2.75, 3.05) is 0 Å². The van der Waals surface area contributed by atoms with E-state index in [-0.39, 0.29) is 35.5 Å². The molecule has 1 rings (SSSR count). The summed E-state index contributed by atoms with van der Waals surface area (Å²) in [7, 11) is 0. The van der Waals surface area contributed by atoms with Crippen molar-refractivity contribution in [1.29, 1.82) is 0 Å². The molecule has 4 heteroatoms. The van der Waals surface area contributed by atoms with Crippen molar-refractivity contribution in [3.05, 3.63) is 18.6 Å². The number of hydrogen-bond acceptors (Lipinski definition) is 1. The molecule has 0 aromatic carbocycles. The van der Waals surface area contributed by atoms with Crippen LogP contribution in [0.2, 0.25) is 0 Å². The van der Waals surface area contributed by atoms with Crippen molar-refractivity contribution in [3.8, 4) is 0 Å². The third kappa shape index (κ3) is 25.2. The monoisotopic (exact) mass is 262 g/mol. The molecule has 1 aliphatic carbocycles. The van der Waals surface area contributed by atoms with Gasteiger partial charge in [-0.1, -0.05) is 33.3 Å². The van der Waals surface area contributed by atoms with Gasteiger partial charge in [0.2, 0.25) is 5.24 Å². The molecule has 1 saturated carbocycles. The molecule has 0 unspecified atom stereocenters. The van der Waals surface area contributed by atoms with Crippen LogP contribution in [0, 0.1) is 6.42 Å². The molecule has 0 saturated heterocycles. The van der Waals surface area contributed by atoms with Gasteiger partial charge in [0.15, 0.2) is 0 Å². The molecular weight excluding hydrogens is 243 g/mol. The van der Waals surface area contributed by atoms with Crippen LogP contribution < -0.4 is 12.4 Å². The maximum atomic E-state index is 9.81. The summed E-state index contributed by atoms with van der Waals surface area (Å²) in [5, 5.41) is -0.463. The predicted molar refractivity (Wildman–Crippen MR) is 65.5 cm³/mol. The number of allylic oxidation sites excluding steroid dienone is 1. The van der Waals surface area contributed by atoms with E-state index < -0.39 is 5.24 Å². The average Bonchev–Trinajstić information content (AvgIpc) is 2.64. The minimum Gasteiger partial charge on any atom is -1.00 e. The van der Waals surface area contributed by atoms with Gasteiger partial charge in [-0.05, 0) is 18.5 Å². The molecule has 1 nitrogen and oxygen atoms in total. The van der Waals surface area contributed by atoms with Crippen molar-refractivity contribution in [2.24, 2.45) is 0 Å². The van der Waals surface area contributed by atoms with E-state index in [0.29, 0.717) is 5.57 Å². The first kappa shape index (κ1) is 24.8. The number of hydrogen-bond donors (Lipinski definition) is 0. The van der Waals surface area contributed by atoms with Gasteiger partial charge in [0.25, 0.3) is 0 Å². The average molecular weight is 263 g/mol. The van der Waals surface area contributed by atoms with Crippen LogP contribution in [0.15, 0.2) is 12.2 Å². The topological polar surface area (TPSA) is 17.1 Å². The molecule has 1 fully saturated rings. The minimum absolute atomic E-state index is 0. The molecule has 0 radical (unpaired) electrons. The Morgan fingerprint density at radius 3 is 1.60 bits per heavy atom. The Balaban J connectivity index is -0.0000000623. The molecule has 0 amide bonds. The molecule has 15 heavy (non-hydrogen) atoms. The summed E-state index contributed by atoms with van der Waals surface area (Å²) in [6, 6.07) is 0. The van der Waals surface area contributed by atoms with Gasteiger partial charge < -0.3 is 18.8 Å². The molecule has 0 aromatic heterocycles. The van der Waals surface area contributed by atoms with Crippen LogP contribution in [0.3, 0.4) is 0 Å². The molecule has 0 aromatic rings.